The molecule has 0 aliphatic heterocycles. The van der Waals surface area contributed by atoms with E-state index in [1.54, 1.807) is 12.3 Å². The van der Waals surface area contributed by atoms with Crippen LogP contribution in [0.1, 0.15) is 36.9 Å². The molecule has 0 spiro atoms. The molecule has 0 amide bonds. The predicted molar refractivity (Wildman–Crippen MR) is 149 cm³/mol. The minimum atomic E-state index is -1.19. The van der Waals surface area contributed by atoms with Crippen molar-refractivity contribution in [1.82, 2.24) is 19.5 Å². The maximum atomic E-state index is 9.81. The average Bonchev–Trinajstić information content (AvgIpc) is 3.25. The van der Waals surface area contributed by atoms with Crippen molar-refractivity contribution in [2.75, 3.05) is 11.9 Å². The van der Waals surface area contributed by atoms with E-state index < -0.39 is 8.07 Å². The molecule has 3 aromatic rings. The maximum Gasteiger partial charge on any atom is 0.223 e. The number of thiazole rings is 1. The molecule has 3 N–H and O–H groups in total. The molecule has 1 saturated carbocycles. The Hall–Kier alpha value is -2.44. The first-order valence-corrected chi connectivity index (χ1v) is 17.4. The minimum absolute atomic E-state index is 0.0494. The van der Waals surface area contributed by atoms with Crippen molar-refractivity contribution in [2.45, 2.75) is 83.8 Å². The Morgan fingerprint density at radius 1 is 1.19 bits per heavy atom. The van der Waals surface area contributed by atoms with Gasteiger partial charge in [0.15, 0.2) is 10.6 Å². The summed E-state index contributed by atoms with van der Waals surface area (Å²) in [7, 11) is -1.19. The van der Waals surface area contributed by atoms with Gasteiger partial charge < -0.3 is 20.3 Å². The molecule has 0 saturated heterocycles. The highest BCUT2D eigenvalue weighted by Crippen LogP contribution is 2.25. The highest BCUT2D eigenvalue weighted by Gasteiger charge is 2.20. The van der Waals surface area contributed by atoms with E-state index in [2.05, 4.69) is 34.9 Å². The fraction of sp³-hybridized carbons (Fsp3) is 0.538. The first-order chi connectivity index (χ1) is 17.7. The summed E-state index contributed by atoms with van der Waals surface area (Å²) in [5.74, 6) is 1.18. The molecule has 0 bridgehead atoms. The highest BCUT2D eigenvalue weighted by atomic mass is 32.1. The molecule has 0 unspecified atom stereocenters. The predicted octanol–water partition coefficient (Wildman–Crippen LogP) is 4.46. The summed E-state index contributed by atoms with van der Waals surface area (Å²) in [4.78, 5) is 20.3. The molecule has 4 rings (SSSR count). The van der Waals surface area contributed by atoms with Gasteiger partial charge in [0, 0.05) is 38.8 Å². The van der Waals surface area contributed by atoms with E-state index >= 15 is 0 Å². The minimum Gasteiger partial charge on any atom is -0.393 e. The van der Waals surface area contributed by atoms with Crippen molar-refractivity contribution in [2.24, 2.45) is 4.99 Å². The largest absolute Gasteiger partial charge is 0.393 e. The molecular formula is C26H38N6O3SSi. The van der Waals surface area contributed by atoms with E-state index in [0.717, 1.165) is 58.4 Å². The second kappa shape index (κ2) is 12.4. The van der Waals surface area contributed by atoms with Gasteiger partial charge in [0.05, 0.1) is 23.3 Å². The number of nitrogens with one attached hydrogen (secondary N) is 1. The Kier molecular flexibility index (Phi) is 9.25. The monoisotopic (exact) mass is 542 g/mol. The van der Waals surface area contributed by atoms with Crippen LogP contribution in [0, 0.1) is 6.92 Å². The molecule has 9 nitrogen and oxygen atoms in total. The molecule has 200 valence electrons. The number of pyridine rings is 1. The summed E-state index contributed by atoms with van der Waals surface area (Å²) >= 11 is 1.53. The van der Waals surface area contributed by atoms with Crippen molar-refractivity contribution in [3.05, 3.63) is 46.7 Å². The number of nitrogens with zero attached hydrogens (tertiary/aromatic N) is 5. The van der Waals surface area contributed by atoms with Crippen LogP contribution in [0.25, 0.3) is 10.6 Å². The van der Waals surface area contributed by atoms with Gasteiger partial charge in [-0.2, -0.15) is 0 Å². The third kappa shape index (κ3) is 8.27. The number of rotatable bonds is 10. The molecular weight excluding hydrogens is 504 g/mol. The molecule has 1 fully saturated rings. The van der Waals surface area contributed by atoms with E-state index in [0.29, 0.717) is 25.1 Å². The van der Waals surface area contributed by atoms with Crippen LogP contribution in [0.4, 0.5) is 11.8 Å². The number of hydrogen-bond acceptors (Lipinski definition) is 9. The summed E-state index contributed by atoms with van der Waals surface area (Å²) in [5.41, 5.74) is 2.46. The molecule has 11 heteroatoms. The van der Waals surface area contributed by atoms with Gasteiger partial charge in [0.1, 0.15) is 6.73 Å². The lowest BCUT2D eigenvalue weighted by atomic mass is 9.93. The molecule has 37 heavy (non-hydrogen) atoms. The second-order valence-electron chi connectivity index (χ2n) is 10.9. The zero-order valence-corrected chi connectivity index (χ0v) is 24.0. The van der Waals surface area contributed by atoms with Crippen molar-refractivity contribution in [3.63, 3.8) is 0 Å². The van der Waals surface area contributed by atoms with Crippen LogP contribution in [-0.4, -0.2) is 56.6 Å². The first-order valence-electron chi connectivity index (χ1n) is 12.9. The van der Waals surface area contributed by atoms with Gasteiger partial charge in [-0.05, 0) is 56.3 Å². The van der Waals surface area contributed by atoms with E-state index in [1.807, 2.05) is 29.8 Å². The molecule has 0 aromatic carbocycles. The van der Waals surface area contributed by atoms with Gasteiger partial charge in [-0.15, -0.1) is 0 Å². The van der Waals surface area contributed by atoms with Crippen LogP contribution in [0.15, 0.2) is 35.6 Å². The molecule has 3 aromatic heterocycles. The molecule has 1 aliphatic rings. The van der Waals surface area contributed by atoms with Gasteiger partial charge in [0.25, 0.3) is 0 Å². The number of aryl methyl sites for hydroxylation is 1. The molecule has 3 heterocycles. The van der Waals surface area contributed by atoms with Gasteiger partial charge >= 0.3 is 0 Å². The van der Waals surface area contributed by atoms with Crippen LogP contribution < -0.4 is 10.1 Å². The fourth-order valence-electron chi connectivity index (χ4n) is 4.06. The van der Waals surface area contributed by atoms with Crippen LogP contribution in [0.2, 0.25) is 25.7 Å². The van der Waals surface area contributed by atoms with Crippen LogP contribution in [0.5, 0.6) is 0 Å². The Morgan fingerprint density at radius 3 is 2.65 bits per heavy atom. The number of hydrogen-bond donors (Lipinski definition) is 3. The number of aliphatic hydroxyl groups excluding tert-OH is 2. The van der Waals surface area contributed by atoms with Gasteiger partial charge in [-0.1, -0.05) is 37.0 Å². The molecule has 1 aliphatic carbocycles. The van der Waals surface area contributed by atoms with Gasteiger partial charge in [-0.3, -0.25) is 4.57 Å². The smallest absolute Gasteiger partial charge is 0.223 e. The van der Waals surface area contributed by atoms with E-state index in [9.17, 15) is 10.2 Å². The topological polar surface area (TPSA) is 118 Å². The van der Waals surface area contributed by atoms with Gasteiger partial charge in [-0.25, -0.2) is 19.9 Å². The number of anilines is 1. The fourth-order valence-corrected chi connectivity index (χ4v) is 5.76. The second-order valence-corrected chi connectivity index (χ2v) is 17.5. The number of aromatic nitrogens is 4. The molecule has 0 atom stereocenters. The average molecular weight is 543 g/mol. The Morgan fingerprint density at radius 2 is 1.97 bits per heavy atom. The number of aliphatic hydroxyl groups is 2. The first kappa shape index (κ1) is 27.6. The lowest BCUT2D eigenvalue weighted by molar-refractivity contribution is 0.0855. The standard InChI is InChI=1S/C26H38N6O3SSi/c1-18-13-22(30-25(28-18)29-20-6-8-21(34)9-7-20)23-15-32(17-35-11-12-37(2,3)4)26(36-23)31-24-10-5-19(16-33)14-27-24/h5,10,13-15,20-21,33-34H,6-9,11-12,16-17H2,1-4H3,(H,28,29,30). The van der Waals surface area contributed by atoms with Crippen molar-refractivity contribution in [1.29, 1.82) is 0 Å². The van der Waals surface area contributed by atoms with Crippen LogP contribution in [-0.2, 0) is 18.1 Å². The summed E-state index contributed by atoms with van der Waals surface area (Å²) in [6.07, 6.45) is 6.90. The van der Waals surface area contributed by atoms with E-state index in [4.69, 9.17) is 14.7 Å². The van der Waals surface area contributed by atoms with Crippen molar-refractivity contribution >= 4 is 31.2 Å². The Bertz CT molecular complexity index is 1230. The highest BCUT2D eigenvalue weighted by molar-refractivity contribution is 7.12. The summed E-state index contributed by atoms with van der Waals surface area (Å²) in [6.45, 7) is 10.1. The SMILES string of the molecule is Cc1cc(-c2cn(COCC[Si](C)(C)C)c(=Nc3ccc(CO)cn3)s2)nc(NC2CCC(O)CC2)n1. The van der Waals surface area contributed by atoms with E-state index in [1.165, 1.54) is 11.3 Å². The van der Waals surface area contributed by atoms with Crippen molar-refractivity contribution < 1.29 is 14.9 Å². The van der Waals surface area contributed by atoms with Gasteiger partial charge in [0.2, 0.25) is 5.95 Å². The Labute approximate surface area is 223 Å². The summed E-state index contributed by atoms with van der Waals surface area (Å²) in [5, 5.41) is 22.6. The summed E-state index contributed by atoms with van der Waals surface area (Å²) < 4.78 is 8.04. The lowest BCUT2D eigenvalue weighted by Crippen LogP contribution is -2.29. The Balaban J connectivity index is 1.60. The third-order valence-electron chi connectivity index (χ3n) is 6.29. The maximum absolute atomic E-state index is 9.81. The quantitative estimate of drug-likeness (QED) is 0.256. The van der Waals surface area contributed by atoms with Crippen LogP contribution >= 0.6 is 11.3 Å². The zero-order chi connectivity index (χ0) is 26.4. The van der Waals surface area contributed by atoms with Crippen molar-refractivity contribution in [3.8, 4) is 10.6 Å². The number of ether oxygens (including phenoxy) is 1. The van der Waals surface area contributed by atoms with E-state index in [-0.39, 0.29) is 18.8 Å². The summed E-state index contributed by atoms with van der Waals surface area (Å²) in [6, 6.07) is 6.98. The lowest BCUT2D eigenvalue weighted by Gasteiger charge is -2.26. The van der Waals surface area contributed by atoms with Crippen LogP contribution in [0.3, 0.4) is 0 Å². The third-order valence-corrected chi connectivity index (χ3v) is 9.03. The molecule has 0 radical (unpaired) electrons. The zero-order valence-electron chi connectivity index (χ0n) is 22.1. The normalized spacial score (nSPS) is 18.8.